The van der Waals surface area contributed by atoms with E-state index in [-0.39, 0.29) is 0 Å². The summed E-state index contributed by atoms with van der Waals surface area (Å²) < 4.78 is 16.3. The first-order valence-corrected chi connectivity index (χ1v) is 8.04. The second-order valence-electron chi connectivity index (χ2n) is 6.18. The first-order chi connectivity index (χ1) is 10.9. The van der Waals surface area contributed by atoms with Crippen molar-refractivity contribution in [2.24, 2.45) is 0 Å². The first kappa shape index (κ1) is 14.0. The van der Waals surface area contributed by atoms with Gasteiger partial charge in [-0.2, -0.15) is 4.98 Å². The molecule has 4 heterocycles. The van der Waals surface area contributed by atoms with Crippen LogP contribution in [0.3, 0.4) is 0 Å². The van der Waals surface area contributed by atoms with Crippen LogP contribution in [0.5, 0.6) is 0 Å². The Morgan fingerprint density at radius 3 is 2.82 bits per heavy atom. The molecule has 2 aliphatic rings. The first-order valence-electron chi connectivity index (χ1n) is 8.04. The van der Waals surface area contributed by atoms with Gasteiger partial charge < -0.3 is 13.7 Å². The summed E-state index contributed by atoms with van der Waals surface area (Å²) in [7, 11) is 0. The summed E-state index contributed by atoms with van der Waals surface area (Å²) in [5, 5.41) is 4.16. The molecule has 0 N–H and O–H groups in total. The van der Waals surface area contributed by atoms with Crippen molar-refractivity contribution in [3.05, 3.63) is 35.9 Å². The fraction of sp³-hybridized carbons (Fsp3) is 0.625. The fourth-order valence-electron chi connectivity index (χ4n) is 3.28. The second kappa shape index (κ2) is 6.22. The van der Waals surface area contributed by atoms with Gasteiger partial charge in [-0.05, 0) is 44.5 Å². The molecular weight excluding hydrogens is 282 g/mol. The van der Waals surface area contributed by atoms with E-state index in [0.717, 1.165) is 69.6 Å². The number of rotatable bonds is 4. The molecule has 0 aliphatic carbocycles. The average molecular weight is 303 g/mol. The van der Waals surface area contributed by atoms with Crippen molar-refractivity contribution in [2.75, 3.05) is 26.3 Å². The standard InChI is InChI=1S/C16H21N3O3/c1-2-14(21-8-1)10-19-6-3-12(4-7-19)16-17-15(18-22-16)13-5-9-20-11-13/h1-2,8,12-13H,3-7,9-11H2/t13-/m1/s1. The summed E-state index contributed by atoms with van der Waals surface area (Å²) in [5.41, 5.74) is 0. The lowest BCUT2D eigenvalue weighted by atomic mass is 9.96. The van der Waals surface area contributed by atoms with E-state index in [2.05, 4.69) is 15.0 Å². The monoisotopic (exact) mass is 303 g/mol. The molecule has 4 rings (SSSR count). The van der Waals surface area contributed by atoms with Crippen LogP contribution in [0, 0.1) is 0 Å². The minimum atomic E-state index is 0.316. The molecule has 0 amide bonds. The molecule has 6 heteroatoms. The molecule has 2 fully saturated rings. The van der Waals surface area contributed by atoms with E-state index in [1.165, 1.54) is 0 Å². The average Bonchev–Trinajstić information content (AvgIpc) is 3.30. The van der Waals surface area contributed by atoms with Crippen LogP contribution in [-0.2, 0) is 11.3 Å². The van der Waals surface area contributed by atoms with E-state index >= 15 is 0 Å². The van der Waals surface area contributed by atoms with Gasteiger partial charge >= 0.3 is 0 Å². The molecule has 118 valence electrons. The zero-order valence-corrected chi connectivity index (χ0v) is 12.6. The maximum absolute atomic E-state index is 5.50. The maximum atomic E-state index is 5.50. The summed E-state index contributed by atoms with van der Waals surface area (Å²) in [4.78, 5) is 7.04. The summed E-state index contributed by atoms with van der Waals surface area (Å²) in [6, 6.07) is 3.97. The van der Waals surface area contributed by atoms with Crippen molar-refractivity contribution < 1.29 is 13.7 Å². The van der Waals surface area contributed by atoms with Gasteiger partial charge in [-0.15, -0.1) is 0 Å². The molecule has 2 aliphatic heterocycles. The minimum absolute atomic E-state index is 0.316. The second-order valence-corrected chi connectivity index (χ2v) is 6.18. The van der Waals surface area contributed by atoms with Crippen molar-refractivity contribution >= 4 is 0 Å². The molecule has 22 heavy (non-hydrogen) atoms. The zero-order valence-electron chi connectivity index (χ0n) is 12.6. The molecule has 6 nitrogen and oxygen atoms in total. The number of likely N-dealkylation sites (tertiary alicyclic amines) is 1. The van der Waals surface area contributed by atoms with E-state index < -0.39 is 0 Å². The SMILES string of the molecule is c1coc(CN2CCC(c3nc([C@@H]4CCOC4)no3)CC2)c1. The van der Waals surface area contributed by atoms with E-state index in [9.17, 15) is 0 Å². The van der Waals surface area contributed by atoms with Gasteiger partial charge in [0.2, 0.25) is 5.89 Å². The van der Waals surface area contributed by atoms with E-state index in [1.54, 1.807) is 6.26 Å². The van der Waals surface area contributed by atoms with E-state index in [1.807, 2.05) is 12.1 Å². The van der Waals surface area contributed by atoms with E-state index in [0.29, 0.717) is 11.8 Å². The number of aromatic nitrogens is 2. The highest BCUT2D eigenvalue weighted by Gasteiger charge is 2.28. The van der Waals surface area contributed by atoms with Gasteiger partial charge in [-0.3, -0.25) is 4.90 Å². The lowest BCUT2D eigenvalue weighted by Gasteiger charge is -2.29. The summed E-state index contributed by atoms with van der Waals surface area (Å²) in [6.07, 6.45) is 4.85. The topological polar surface area (TPSA) is 64.5 Å². The predicted molar refractivity (Wildman–Crippen MR) is 78.4 cm³/mol. The van der Waals surface area contributed by atoms with Gasteiger partial charge in [0.15, 0.2) is 5.82 Å². The van der Waals surface area contributed by atoms with Crippen molar-refractivity contribution in [3.63, 3.8) is 0 Å². The largest absolute Gasteiger partial charge is 0.468 e. The maximum Gasteiger partial charge on any atom is 0.229 e. The Morgan fingerprint density at radius 1 is 1.18 bits per heavy atom. The van der Waals surface area contributed by atoms with Crippen LogP contribution in [0.2, 0.25) is 0 Å². The lowest BCUT2D eigenvalue weighted by Crippen LogP contribution is -2.32. The van der Waals surface area contributed by atoms with Crippen LogP contribution >= 0.6 is 0 Å². The Hall–Kier alpha value is -1.66. The van der Waals surface area contributed by atoms with Crippen molar-refractivity contribution in [1.29, 1.82) is 0 Å². The van der Waals surface area contributed by atoms with Gasteiger partial charge in [-0.1, -0.05) is 5.16 Å². The molecule has 0 spiro atoms. The molecule has 2 aromatic rings. The third-order valence-electron chi connectivity index (χ3n) is 4.65. The van der Waals surface area contributed by atoms with Crippen LogP contribution in [-0.4, -0.2) is 41.3 Å². The summed E-state index contributed by atoms with van der Waals surface area (Å²) in [6.45, 7) is 4.49. The normalized spacial score (nSPS) is 24.1. The Morgan fingerprint density at radius 2 is 2.09 bits per heavy atom. The molecule has 1 atom stereocenters. The summed E-state index contributed by atoms with van der Waals surface area (Å²) >= 11 is 0. The zero-order chi connectivity index (χ0) is 14.8. The van der Waals surface area contributed by atoms with Gasteiger partial charge in [0.25, 0.3) is 0 Å². The third kappa shape index (κ3) is 2.94. The number of hydrogen-bond donors (Lipinski definition) is 0. The quantitative estimate of drug-likeness (QED) is 0.865. The molecule has 2 aromatic heterocycles. The van der Waals surface area contributed by atoms with Crippen LogP contribution in [0.25, 0.3) is 0 Å². The number of furan rings is 1. The Balaban J connectivity index is 1.33. The minimum Gasteiger partial charge on any atom is -0.468 e. The number of nitrogens with zero attached hydrogens (tertiary/aromatic N) is 3. The smallest absolute Gasteiger partial charge is 0.229 e. The van der Waals surface area contributed by atoms with Crippen LogP contribution in [0.4, 0.5) is 0 Å². The lowest BCUT2D eigenvalue weighted by molar-refractivity contribution is 0.176. The predicted octanol–water partition coefficient (Wildman–Crippen LogP) is 2.55. The molecule has 0 unspecified atom stereocenters. The number of hydrogen-bond acceptors (Lipinski definition) is 6. The van der Waals surface area contributed by atoms with Crippen molar-refractivity contribution in [1.82, 2.24) is 15.0 Å². The molecule has 0 saturated carbocycles. The van der Waals surface area contributed by atoms with Crippen LogP contribution in [0.15, 0.2) is 27.3 Å². The highest BCUT2D eigenvalue weighted by Crippen LogP contribution is 2.30. The summed E-state index contributed by atoms with van der Waals surface area (Å²) in [5.74, 6) is 3.36. The number of ether oxygens (including phenoxy) is 1. The van der Waals surface area contributed by atoms with Crippen LogP contribution in [0.1, 0.15) is 48.6 Å². The molecule has 0 aromatic carbocycles. The van der Waals surface area contributed by atoms with Crippen LogP contribution < -0.4 is 0 Å². The Bertz CT molecular complexity index is 582. The highest BCUT2D eigenvalue weighted by molar-refractivity contribution is 5.03. The van der Waals surface area contributed by atoms with Crippen molar-refractivity contribution in [3.8, 4) is 0 Å². The van der Waals surface area contributed by atoms with Gasteiger partial charge in [0.05, 0.1) is 19.4 Å². The van der Waals surface area contributed by atoms with Gasteiger partial charge in [0.1, 0.15) is 5.76 Å². The highest BCUT2D eigenvalue weighted by atomic mass is 16.5. The Kier molecular flexibility index (Phi) is 3.95. The van der Waals surface area contributed by atoms with Gasteiger partial charge in [0, 0.05) is 18.4 Å². The molecule has 0 radical (unpaired) electrons. The number of piperidine rings is 1. The van der Waals surface area contributed by atoms with Gasteiger partial charge in [-0.25, -0.2) is 0 Å². The molecular formula is C16H21N3O3. The fourth-order valence-corrected chi connectivity index (χ4v) is 3.28. The molecule has 2 saturated heterocycles. The third-order valence-corrected chi connectivity index (χ3v) is 4.65. The molecule has 0 bridgehead atoms. The Labute approximate surface area is 129 Å². The van der Waals surface area contributed by atoms with Crippen molar-refractivity contribution in [2.45, 2.75) is 37.6 Å². The van der Waals surface area contributed by atoms with E-state index in [4.69, 9.17) is 13.7 Å².